The average molecular weight is 392 g/mol. The van der Waals surface area contributed by atoms with Crippen molar-refractivity contribution in [2.75, 3.05) is 10.6 Å². The molecule has 0 unspecified atom stereocenters. The molecular weight excluding hydrogens is 382 g/mol. The number of benzene rings is 2. The van der Waals surface area contributed by atoms with Crippen LogP contribution in [0.15, 0.2) is 48.5 Å². The third-order valence-electron chi connectivity index (χ3n) is 2.74. The fourth-order valence-corrected chi connectivity index (χ4v) is 2.00. The Morgan fingerprint density at radius 2 is 1.43 bits per heavy atom. The highest BCUT2D eigenvalue weighted by molar-refractivity contribution is 6.76. The van der Waals surface area contributed by atoms with E-state index in [2.05, 4.69) is 10.6 Å². The predicted molar refractivity (Wildman–Crippen MR) is 94.8 cm³/mol. The van der Waals surface area contributed by atoms with E-state index in [1.54, 1.807) is 48.5 Å². The number of anilines is 2. The summed E-state index contributed by atoms with van der Waals surface area (Å²) in [6.07, 6.45) is 0. The molecule has 2 N–H and O–H groups in total. The minimum atomic E-state index is -2.04. The van der Waals surface area contributed by atoms with Crippen LogP contribution in [0.1, 0.15) is 10.4 Å². The molecule has 0 bridgehead atoms. The molecule has 2 rings (SSSR count). The zero-order valence-corrected chi connectivity index (χ0v) is 14.5. The van der Waals surface area contributed by atoms with Crippen molar-refractivity contribution in [1.29, 1.82) is 0 Å². The minimum absolute atomic E-state index is 0.300. The molecule has 0 heterocycles. The number of amides is 2. The second-order valence-corrected chi connectivity index (χ2v) is 7.21. The normalized spacial score (nSPS) is 11.0. The molecule has 0 aliphatic carbocycles. The summed E-state index contributed by atoms with van der Waals surface area (Å²) in [4.78, 5) is 23.6. The lowest BCUT2D eigenvalue weighted by Gasteiger charge is -2.12. The highest BCUT2D eigenvalue weighted by Gasteiger charge is 2.30. The Labute approximate surface area is 152 Å². The quantitative estimate of drug-likeness (QED) is 0.731. The number of halogens is 4. The van der Waals surface area contributed by atoms with Gasteiger partial charge in [-0.15, -0.1) is 0 Å². The van der Waals surface area contributed by atoms with E-state index in [1.807, 2.05) is 0 Å². The van der Waals surface area contributed by atoms with Gasteiger partial charge in [-0.05, 0) is 42.5 Å². The van der Waals surface area contributed by atoms with Gasteiger partial charge in [-0.25, -0.2) is 0 Å². The Morgan fingerprint density at radius 3 is 1.96 bits per heavy atom. The second-order valence-electron chi connectivity index (χ2n) is 4.49. The van der Waals surface area contributed by atoms with Crippen LogP contribution in [0.4, 0.5) is 11.4 Å². The molecule has 2 aromatic carbocycles. The molecule has 0 saturated carbocycles. The third-order valence-corrected chi connectivity index (χ3v) is 3.49. The van der Waals surface area contributed by atoms with Crippen LogP contribution >= 0.6 is 46.4 Å². The lowest BCUT2D eigenvalue weighted by atomic mass is 10.2. The van der Waals surface area contributed by atoms with Crippen LogP contribution in [0.5, 0.6) is 0 Å². The van der Waals surface area contributed by atoms with E-state index in [0.717, 1.165) is 0 Å². The van der Waals surface area contributed by atoms with Crippen molar-refractivity contribution in [3.05, 3.63) is 59.1 Å². The van der Waals surface area contributed by atoms with Crippen LogP contribution in [0.2, 0.25) is 5.02 Å². The van der Waals surface area contributed by atoms with Gasteiger partial charge in [0.15, 0.2) is 0 Å². The van der Waals surface area contributed by atoms with Crippen LogP contribution in [-0.2, 0) is 4.79 Å². The predicted octanol–water partition coefficient (Wildman–Crippen LogP) is 4.90. The number of rotatable bonds is 3. The van der Waals surface area contributed by atoms with E-state index in [0.29, 0.717) is 22.0 Å². The average Bonchev–Trinajstić information content (AvgIpc) is 2.48. The van der Waals surface area contributed by atoms with Crippen molar-refractivity contribution < 1.29 is 9.59 Å². The standard InChI is InChI=1S/C15H10Cl4N2O2/c16-10-3-1-2-9(8-10)13(22)20-11-4-6-12(7-5-11)21-14(23)15(17,18)19/h1-8H,(H,20,22)(H,21,23). The van der Waals surface area contributed by atoms with E-state index < -0.39 is 9.70 Å². The van der Waals surface area contributed by atoms with Gasteiger partial charge in [-0.2, -0.15) is 0 Å². The van der Waals surface area contributed by atoms with E-state index in [-0.39, 0.29) is 5.91 Å². The van der Waals surface area contributed by atoms with Crippen molar-refractivity contribution in [3.63, 3.8) is 0 Å². The summed E-state index contributed by atoms with van der Waals surface area (Å²) >= 11 is 22.2. The Bertz CT molecular complexity index is 727. The first-order valence-electron chi connectivity index (χ1n) is 6.31. The van der Waals surface area contributed by atoms with Gasteiger partial charge < -0.3 is 10.6 Å². The van der Waals surface area contributed by atoms with Gasteiger partial charge in [0, 0.05) is 22.0 Å². The van der Waals surface area contributed by atoms with Crippen LogP contribution in [0.25, 0.3) is 0 Å². The summed E-state index contributed by atoms with van der Waals surface area (Å²) < 4.78 is -2.04. The molecule has 0 aliphatic rings. The van der Waals surface area contributed by atoms with Crippen molar-refractivity contribution >= 4 is 69.6 Å². The smallest absolute Gasteiger partial charge is 0.276 e. The third kappa shape index (κ3) is 5.29. The molecule has 2 aromatic rings. The largest absolute Gasteiger partial charge is 0.322 e. The number of nitrogens with one attached hydrogen (secondary N) is 2. The fourth-order valence-electron chi connectivity index (χ4n) is 1.67. The molecule has 0 aliphatic heterocycles. The Hall–Kier alpha value is -1.46. The van der Waals surface area contributed by atoms with Gasteiger partial charge >= 0.3 is 0 Å². The van der Waals surface area contributed by atoms with E-state index in [4.69, 9.17) is 46.4 Å². The SMILES string of the molecule is O=C(Nc1ccc(NC(=O)C(Cl)(Cl)Cl)cc1)c1cccc(Cl)c1. The molecule has 120 valence electrons. The molecule has 23 heavy (non-hydrogen) atoms. The molecule has 0 spiro atoms. The molecule has 0 atom stereocenters. The minimum Gasteiger partial charge on any atom is -0.322 e. The summed E-state index contributed by atoms with van der Waals surface area (Å²) in [5, 5.41) is 5.62. The maximum absolute atomic E-state index is 12.1. The van der Waals surface area contributed by atoms with Crippen LogP contribution in [-0.4, -0.2) is 15.6 Å². The van der Waals surface area contributed by atoms with Crippen LogP contribution in [0.3, 0.4) is 0 Å². The highest BCUT2D eigenvalue weighted by Crippen LogP contribution is 2.28. The summed E-state index contributed by atoms with van der Waals surface area (Å²) in [6.45, 7) is 0. The van der Waals surface area contributed by atoms with E-state index in [1.165, 1.54) is 0 Å². The Kier molecular flexibility index (Phi) is 5.76. The van der Waals surface area contributed by atoms with Crippen molar-refractivity contribution in [2.45, 2.75) is 3.79 Å². The maximum atomic E-state index is 12.1. The topological polar surface area (TPSA) is 58.2 Å². The van der Waals surface area contributed by atoms with Crippen LogP contribution in [0, 0.1) is 0 Å². The van der Waals surface area contributed by atoms with Crippen molar-refractivity contribution in [1.82, 2.24) is 0 Å². The van der Waals surface area contributed by atoms with Crippen molar-refractivity contribution in [3.8, 4) is 0 Å². The molecule has 0 fully saturated rings. The monoisotopic (exact) mass is 390 g/mol. The molecule has 2 amide bonds. The molecular formula is C15H10Cl4N2O2. The molecule has 0 saturated heterocycles. The number of hydrogen-bond donors (Lipinski definition) is 2. The number of carbonyl (C=O) groups is 2. The van der Waals surface area contributed by atoms with Gasteiger partial charge in [0.1, 0.15) is 0 Å². The number of carbonyl (C=O) groups excluding carboxylic acids is 2. The Morgan fingerprint density at radius 1 is 0.870 bits per heavy atom. The lowest BCUT2D eigenvalue weighted by Crippen LogP contribution is -2.26. The maximum Gasteiger partial charge on any atom is 0.276 e. The number of hydrogen-bond acceptors (Lipinski definition) is 2. The lowest BCUT2D eigenvalue weighted by molar-refractivity contribution is -0.115. The molecule has 0 aromatic heterocycles. The first kappa shape index (κ1) is 17.9. The van der Waals surface area contributed by atoms with Gasteiger partial charge in [0.25, 0.3) is 15.6 Å². The van der Waals surface area contributed by atoms with Gasteiger partial charge in [-0.1, -0.05) is 52.5 Å². The van der Waals surface area contributed by atoms with Crippen molar-refractivity contribution in [2.24, 2.45) is 0 Å². The summed E-state index contributed by atoms with van der Waals surface area (Å²) in [5.41, 5.74) is 1.41. The first-order valence-corrected chi connectivity index (χ1v) is 7.82. The van der Waals surface area contributed by atoms with E-state index in [9.17, 15) is 9.59 Å². The summed E-state index contributed by atoms with van der Waals surface area (Å²) in [6, 6.07) is 12.9. The van der Waals surface area contributed by atoms with Gasteiger partial charge in [0.05, 0.1) is 0 Å². The number of alkyl halides is 3. The Balaban J connectivity index is 2.03. The van der Waals surface area contributed by atoms with Gasteiger partial charge in [0.2, 0.25) is 0 Å². The summed E-state index contributed by atoms with van der Waals surface area (Å²) in [7, 11) is 0. The highest BCUT2D eigenvalue weighted by atomic mass is 35.6. The second kappa shape index (κ2) is 7.41. The summed E-state index contributed by atoms with van der Waals surface area (Å²) in [5.74, 6) is -1.07. The van der Waals surface area contributed by atoms with Crippen LogP contribution < -0.4 is 10.6 Å². The molecule has 0 radical (unpaired) electrons. The zero-order valence-electron chi connectivity index (χ0n) is 11.4. The molecule has 8 heteroatoms. The zero-order chi connectivity index (χ0) is 17.0. The van der Waals surface area contributed by atoms with Gasteiger partial charge in [-0.3, -0.25) is 9.59 Å². The molecule has 4 nitrogen and oxygen atoms in total. The van der Waals surface area contributed by atoms with E-state index >= 15 is 0 Å². The fraction of sp³-hybridized carbons (Fsp3) is 0.0667. The first-order chi connectivity index (χ1) is 10.8.